The Morgan fingerprint density at radius 2 is 1.59 bits per heavy atom. The van der Waals surface area contributed by atoms with E-state index in [2.05, 4.69) is 5.32 Å². The van der Waals surface area contributed by atoms with Gasteiger partial charge in [-0.2, -0.15) is 0 Å². The predicted molar refractivity (Wildman–Crippen MR) is 119 cm³/mol. The predicted octanol–water partition coefficient (Wildman–Crippen LogP) is 0.843. The zero-order valence-corrected chi connectivity index (χ0v) is 20.0. The molecular weight excluding hydrogens is 470 g/mol. The van der Waals surface area contributed by atoms with Gasteiger partial charge in [0.25, 0.3) is 5.91 Å². The van der Waals surface area contributed by atoms with E-state index in [9.17, 15) is 24.0 Å². The average Bonchev–Trinajstić information content (AvgIpc) is 3.09. The number of rotatable bonds is 10. The van der Waals surface area contributed by atoms with Crippen molar-refractivity contribution in [1.29, 1.82) is 0 Å². The molecule has 0 spiro atoms. The lowest BCUT2D eigenvalue weighted by Gasteiger charge is -2.24. The fraction of sp³-hybridized carbons (Fsp3) is 0.500. The van der Waals surface area contributed by atoms with Gasteiger partial charge in [0.05, 0.1) is 7.11 Å². The minimum atomic E-state index is -1.05. The van der Waals surface area contributed by atoms with Gasteiger partial charge in [-0.05, 0) is 12.1 Å². The number of esters is 4. The Hall–Kier alpha value is -3.12. The Bertz CT molecular complexity index is 893. The number of thioether (sulfide) groups is 1. The van der Waals surface area contributed by atoms with E-state index < -0.39 is 59.6 Å². The molecular formula is C22H27NO10S. The number of nitrogens with one attached hydrogen (secondary N) is 1. The Balaban J connectivity index is 2.17. The first kappa shape index (κ1) is 27.1. The van der Waals surface area contributed by atoms with Crippen LogP contribution >= 0.6 is 11.8 Å². The van der Waals surface area contributed by atoms with Gasteiger partial charge in [0.15, 0.2) is 12.2 Å². The molecule has 1 aliphatic rings. The molecule has 1 aliphatic heterocycles. The standard InChI is InChI=1S/C22H27NO10S/c1-12(24)30-10-17-18(31-13(2)25)19(32-14(3)26)22(33-17)34-11-16(21(28)29-4)23-20(27)15-8-6-5-7-9-15/h5-9,16-19,22H,10-11H2,1-4H3,(H,23,27)/t16-,17+,18+,19+,22+/m0/s1. The fourth-order valence-corrected chi connectivity index (χ4v) is 4.37. The van der Waals surface area contributed by atoms with Crippen LogP contribution in [0, 0.1) is 0 Å². The van der Waals surface area contributed by atoms with Crippen LogP contribution in [0.3, 0.4) is 0 Å². The van der Waals surface area contributed by atoms with Crippen molar-refractivity contribution >= 4 is 41.5 Å². The SMILES string of the molecule is COC(=O)[C@H](CS[C@H]1O[C@H](COC(C)=O)[C@@H](OC(C)=O)[C@H]1OC(C)=O)NC(=O)c1ccccc1. The fourth-order valence-electron chi connectivity index (χ4n) is 3.14. The average molecular weight is 498 g/mol. The highest BCUT2D eigenvalue weighted by atomic mass is 32.2. The highest BCUT2D eigenvalue weighted by Crippen LogP contribution is 2.34. The molecule has 0 radical (unpaired) electrons. The molecule has 1 amide bonds. The van der Waals surface area contributed by atoms with Crippen LogP contribution in [0.25, 0.3) is 0 Å². The summed E-state index contributed by atoms with van der Waals surface area (Å²) in [5, 5.41) is 2.61. The molecule has 1 saturated heterocycles. The van der Waals surface area contributed by atoms with E-state index in [1.165, 1.54) is 27.9 Å². The van der Waals surface area contributed by atoms with Crippen LogP contribution in [0.4, 0.5) is 0 Å². The van der Waals surface area contributed by atoms with Crippen molar-refractivity contribution in [2.24, 2.45) is 0 Å². The summed E-state index contributed by atoms with van der Waals surface area (Å²) < 4.78 is 26.3. The number of ether oxygens (including phenoxy) is 5. The third-order valence-corrected chi connectivity index (χ3v) is 5.81. The van der Waals surface area contributed by atoms with Gasteiger partial charge in [-0.15, -0.1) is 11.8 Å². The smallest absolute Gasteiger partial charge is 0.329 e. The quantitative estimate of drug-likeness (QED) is 0.363. The lowest BCUT2D eigenvalue weighted by Crippen LogP contribution is -2.44. The van der Waals surface area contributed by atoms with E-state index in [1.54, 1.807) is 30.3 Å². The van der Waals surface area contributed by atoms with Crippen LogP contribution in [0.1, 0.15) is 31.1 Å². The molecule has 0 saturated carbocycles. The summed E-state index contributed by atoms with van der Waals surface area (Å²) in [7, 11) is 1.19. The normalized spacial score (nSPS) is 22.2. The Kier molecular flexibility index (Phi) is 10.3. The molecule has 0 aromatic heterocycles. The largest absolute Gasteiger partial charge is 0.467 e. The highest BCUT2D eigenvalue weighted by Gasteiger charge is 2.50. The van der Waals surface area contributed by atoms with Gasteiger partial charge < -0.3 is 29.0 Å². The highest BCUT2D eigenvalue weighted by molar-refractivity contribution is 7.99. The number of carbonyl (C=O) groups is 5. The van der Waals surface area contributed by atoms with Gasteiger partial charge in [-0.3, -0.25) is 19.2 Å². The second-order valence-electron chi connectivity index (χ2n) is 7.24. The summed E-state index contributed by atoms with van der Waals surface area (Å²) in [6.07, 6.45) is -3.01. The minimum absolute atomic E-state index is 0.0131. The van der Waals surface area contributed by atoms with Crippen molar-refractivity contribution in [3.63, 3.8) is 0 Å². The third kappa shape index (κ3) is 8.03. The number of benzene rings is 1. The Labute approximate surface area is 200 Å². The molecule has 1 N–H and O–H groups in total. The van der Waals surface area contributed by atoms with E-state index in [1.807, 2.05) is 0 Å². The number of carbonyl (C=O) groups excluding carboxylic acids is 5. The summed E-state index contributed by atoms with van der Waals surface area (Å²) in [6.45, 7) is 3.33. The van der Waals surface area contributed by atoms with Crippen LogP contribution in [0.5, 0.6) is 0 Å². The molecule has 1 aromatic rings. The maximum Gasteiger partial charge on any atom is 0.329 e. The van der Waals surface area contributed by atoms with Gasteiger partial charge >= 0.3 is 23.9 Å². The summed E-state index contributed by atoms with van der Waals surface area (Å²) in [4.78, 5) is 59.4. The second kappa shape index (κ2) is 12.9. The van der Waals surface area contributed by atoms with Crippen LogP contribution in [0.15, 0.2) is 30.3 Å². The first-order chi connectivity index (χ1) is 16.1. The topological polar surface area (TPSA) is 144 Å². The summed E-state index contributed by atoms with van der Waals surface area (Å²) in [5.74, 6) is -3.04. The first-order valence-corrected chi connectivity index (χ1v) is 11.4. The number of amides is 1. The minimum Gasteiger partial charge on any atom is -0.467 e. The molecule has 34 heavy (non-hydrogen) atoms. The van der Waals surface area contributed by atoms with Gasteiger partial charge in [0, 0.05) is 32.1 Å². The lowest BCUT2D eigenvalue weighted by atomic mass is 10.1. The Morgan fingerprint density at radius 1 is 0.971 bits per heavy atom. The molecule has 11 nitrogen and oxygen atoms in total. The molecule has 1 fully saturated rings. The van der Waals surface area contributed by atoms with Crippen LogP contribution in [0.2, 0.25) is 0 Å². The first-order valence-electron chi connectivity index (χ1n) is 10.3. The molecule has 5 atom stereocenters. The molecule has 0 unspecified atom stereocenters. The van der Waals surface area contributed by atoms with Gasteiger partial charge in [0.2, 0.25) is 0 Å². The summed E-state index contributed by atoms with van der Waals surface area (Å²) in [5.41, 5.74) is -0.540. The van der Waals surface area contributed by atoms with Crippen molar-refractivity contribution in [2.45, 2.75) is 50.6 Å². The van der Waals surface area contributed by atoms with E-state index in [-0.39, 0.29) is 12.4 Å². The van der Waals surface area contributed by atoms with E-state index in [0.29, 0.717) is 5.56 Å². The third-order valence-electron chi connectivity index (χ3n) is 4.58. The van der Waals surface area contributed by atoms with E-state index in [0.717, 1.165) is 11.8 Å². The zero-order valence-electron chi connectivity index (χ0n) is 19.2. The van der Waals surface area contributed by atoms with E-state index in [4.69, 9.17) is 23.7 Å². The molecule has 186 valence electrons. The monoisotopic (exact) mass is 497 g/mol. The number of methoxy groups -OCH3 is 1. The Morgan fingerprint density at radius 3 is 2.15 bits per heavy atom. The van der Waals surface area contributed by atoms with Crippen molar-refractivity contribution < 1.29 is 47.7 Å². The van der Waals surface area contributed by atoms with Crippen molar-refractivity contribution in [3.05, 3.63) is 35.9 Å². The molecule has 0 bridgehead atoms. The van der Waals surface area contributed by atoms with Crippen LogP contribution < -0.4 is 5.32 Å². The lowest BCUT2D eigenvalue weighted by molar-refractivity contribution is -0.165. The number of hydrogen-bond acceptors (Lipinski definition) is 11. The van der Waals surface area contributed by atoms with Gasteiger partial charge in [-0.25, -0.2) is 4.79 Å². The molecule has 2 rings (SSSR count). The van der Waals surface area contributed by atoms with Gasteiger partial charge in [0.1, 0.15) is 24.2 Å². The van der Waals surface area contributed by atoms with Crippen molar-refractivity contribution in [3.8, 4) is 0 Å². The summed E-state index contributed by atoms with van der Waals surface area (Å²) in [6, 6.07) is 7.26. The van der Waals surface area contributed by atoms with Crippen LogP contribution in [-0.2, 0) is 42.9 Å². The maximum atomic E-state index is 12.5. The maximum absolute atomic E-state index is 12.5. The second-order valence-corrected chi connectivity index (χ2v) is 8.37. The van der Waals surface area contributed by atoms with E-state index >= 15 is 0 Å². The van der Waals surface area contributed by atoms with Crippen molar-refractivity contribution in [2.75, 3.05) is 19.5 Å². The van der Waals surface area contributed by atoms with Gasteiger partial charge in [-0.1, -0.05) is 18.2 Å². The molecule has 12 heteroatoms. The summed E-state index contributed by atoms with van der Waals surface area (Å²) >= 11 is 1.05. The molecule has 1 aromatic carbocycles. The molecule has 0 aliphatic carbocycles. The zero-order chi connectivity index (χ0) is 25.3. The molecule has 1 heterocycles. The van der Waals surface area contributed by atoms with Crippen molar-refractivity contribution in [1.82, 2.24) is 5.32 Å². The number of hydrogen-bond donors (Lipinski definition) is 1. The van der Waals surface area contributed by atoms with Crippen LogP contribution in [-0.4, -0.2) is 79.0 Å².